The van der Waals surface area contributed by atoms with Crippen LogP contribution < -0.4 is 10.1 Å². The Bertz CT molecular complexity index is 1020. The molecule has 1 saturated heterocycles. The first-order valence-corrected chi connectivity index (χ1v) is 9.86. The number of nitrogens with one attached hydrogen (secondary N) is 1. The van der Waals surface area contributed by atoms with Crippen molar-refractivity contribution in [1.29, 1.82) is 0 Å². The van der Waals surface area contributed by atoms with Crippen LogP contribution in [0.5, 0.6) is 5.75 Å². The molecule has 3 aromatic rings. The van der Waals surface area contributed by atoms with Crippen LogP contribution in [0.1, 0.15) is 30.0 Å². The Labute approximate surface area is 174 Å². The van der Waals surface area contributed by atoms with Crippen LogP contribution in [0.25, 0.3) is 11.1 Å². The van der Waals surface area contributed by atoms with E-state index in [4.69, 9.17) is 16.3 Å². The standard InChI is InChI=1S/C22H22ClN3O3/c1-26-12-11-15(25-26)13-29-16-7-5-14(6-8-16)17-3-2-4-18(21(17)23)19-9-10-20(27)24-22(19)28/h2-8,11-12,19,22,28H,9-10,13H2,1H3,(H,24,27)/t19-,22?/m0/s1. The van der Waals surface area contributed by atoms with E-state index in [2.05, 4.69) is 10.4 Å². The largest absolute Gasteiger partial charge is 0.487 e. The number of benzene rings is 2. The van der Waals surface area contributed by atoms with Gasteiger partial charge in [0.2, 0.25) is 5.91 Å². The lowest BCUT2D eigenvalue weighted by atomic mass is 9.88. The van der Waals surface area contributed by atoms with Crippen LogP contribution in [-0.4, -0.2) is 27.0 Å². The molecule has 0 radical (unpaired) electrons. The Morgan fingerprint density at radius 3 is 2.72 bits per heavy atom. The Morgan fingerprint density at radius 2 is 2.03 bits per heavy atom. The van der Waals surface area contributed by atoms with Gasteiger partial charge < -0.3 is 15.2 Å². The second-order valence-corrected chi connectivity index (χ2v) is 7.54. The summed E-state index contributed by atoms with van der Waals surface area (Å²) in [5.41, 5.74) is 3.54. The first-order valence-electron chi connectivity index (χ1n) is 9.49. The van der Waals surface area contributed by atoms with Crippen molar-refractivity contribution >= 4 is 17.5 Å². The molecular weight excluding hydrogens is 390 g/mol. The summed E-state index contributed by atoms with van der Waals surface area (Å²) in [4.78, 5) is 11.5. The lowest BCUT2D eigenvalue weighted by molar-refractivity contribution is -0.127. The quantitative estimate of drug-likeness (QED) is 0.672. The number of aliphatic hydroxyl groups is 1. The zero-order chi connectivity index (χ0) is 20.4. The van der Waals surface area contributed by atoms with E-state index >= 15 is 0 Å². The third-order valence-electron chi connectivity index (χ3n) is 5.12. The number of aryl methyl sites for hydroxylation is 1. The van der Waals surface area contributed by atoms with Crippen molar-refractivity contribution < 1.29 is 14.6 Å². The third kappa shape index (κ3) is 4.28. The van der Waals surface area contributed by atoms with Gasteiger partial charge >= 0.3 is 0 Å². The number of halogens is 1. The molecule has 0 bridgehead atoms. The Balaban J connectivity index is 1.51. The van der Waals surface area contributed by atoms with Crippen molar-refractivity contribution in [3.63, 3.8) is 0 Å². The van der Waals surface area contributed by atoms with Gasteiger partial charge in [-0.15, -0.1) is 0 Å². The highest BCUT2D eigenvalue weighted by Gasteiger charge is 2.30. The van der Waals surface area contributed by atoms with E-state index in [-0.39, 0.29) is 11.8 Å². The summed E-state index contributed by atoms with van der Waals surface area (Å²) in [6, 6.07) is 15.4. The van der Waals surface area contributed by atoms with E-state index in [0.717, 1.165) is 28.1 Å². The molecule has 1 aromatic heterocycles. The number of nitrogens with zero attached hydrogens (tertiary/aromatic N) is 2. The average molecular weight is 412 g/mol. The lowest BCUT2D eigenvalue weighted by Crippen LogP contribution is -2.43. The fraction of sp³-hybridized carbons (Fsp3) is 0.273. The molecule has 1 aliphatic rings. The normalized spacial score (nSPS) is 19.1. The molecule has 1 amide bonds. The van der Waals surface area contributed by atoms with E-state index in [1.165, 1.54) is 0 Å². The number of hydrogen-bond donors (Lipinski definition) is 2. The molecule has 150 valence electrons. The molecule has 2 atom stereocenters. The molecule has 0 spiro atoms. The molecule has 2 heterocycles. The molecule has 4 rings (SSSR count). The van der Waals surface area contributed by atoms with Gasteiger partial charge in [0, 0.05) is 31.1 Å². The van der Waals surface area contributed by atoms with Gasteiger partial charge in [0.05, 0.1) is 10.7 Å². The summed E-state index contributed by atoms with van der Waals surface area (Å²) in [7, 11) is 1.87. The molecule has 6 nitrogen and oxygen atoms in total. The van der Waals surface area contributed by atoms with Gasteiger partial charge in [-0.2, -0.15) is 5.10 Å². The highest BCUT2D eigenvalue weighted by Crippen LogP contribution is 2.38. The monoisotopic (exact) mass is 411 g/mol. The summed E-state index contributed by atoms with van der Waals surface area (Å²) < 4.78 is 7.53. The van der Waals surface area contributed by atoms with E-state index in [1.807, 2.05) is 61.8 Å². The number of aliphatic hydroxyl groups excluding tert-OH is 1. The van der Waals surface area contributed by atoms with Crippen LogP contribution >= 0.6 is 11.6 Å². The highest BCUT2D eigenvalue weighted by molar-refractivity contribution is 6.34. The van der Waals surface area contributed by atoms with Gasteiger partial charge in [-0.3, -0.25) is 9.48 Å². The molecule has 0 saturated carbocycles. The predicted octanol–water partition coefficient (Wildman–Crippen LogP) is 3.63. The Kier molecular flexibility index (Phi) is 5.56. The molecule has 1 aliphatic heterocycles. The molecule has 7 heteroatoms. The minimum absolute atomic E-state index is 0.137. The summed E-state index contributed by atoms with van der Waals surface area (Å²) >= 11 is 6.70. The van der Waals surface area contributed by atoms with Crippen LogP contribution in [0.15, 0.2) is 54.7 Å². The maximum atomic E-state index is 11.5. The van der Waals surface area contributed by atoms with Crippen molar-refractivity contribution in [3.05, 3.63) is 71.0 Å². The first-order chi connectivity index (χ1) is 14.0. The SMILES string of the molecule is Cn1ccc(COc2ccc(-c3cccc([C@@H]4CCC(=O)NC4O)c3Cl)cc2)n1. The minimum Gasteiger partial charge on any atom is -0.487 e. The summed E-state index contributed by atoms with van der Waals surface area (Å²) in [5, 5.41) is 17.7. The zero-order valence-corrected chi connectivity index (χ0v) is 16.8. The fourth-order valence-corrected chi connectivity index (χ4v) is 3.97. The van der Waals surface area contributed by atoms with Crippen molar-refractivity contribution in [3.8, 4) is 16.9 Å². The highest BCUT2D eigenvalue weighted by atomic mass is 35.5. The van der Waals surface area contributed by atoms with Gasteiger partial charge in [-0.1, -0.05) is 41.9 Å². The van der Waals surface area contributed by atoms with Crippen LogP contribution in [0.4, 0.5) is 0 Å². The fourth-order valence-electron chi connectivity index (χ4n) is 3.60. The average Bonchev–Trinajstić information content (AvgIpc) is 3.13. The van der Waals surface area contributed by atoms with Gasteiger partial charge in [0.1, 0.15) is 18.6 Å². The first kappa shape index (κ1) is 19.5. The molecule has 29 heavy (non-hydrogen) atoms. The summed E-state index contributed by atoms with van der Waals surface area (Å²) in [6.07, 6.45) is 1.90. The number of carbonyl (C=O) groups excluding carboxylic acids is 1. The van der Waals surface area contributed by atoms with Crippen molar-refractivity contribution in [2.24, 2.45) is 7.05 Å². The summed E-state index contributed by atoms with van der Waals surface area (Å²) in [5.74, 6) is 0.389. The van der Waals surface area contributed by atoms with Crippen molar-refractivity contribution in [2.75, 3.05) is 0 Å². The predicted molar refractivity (Wildman–Crippen MR) is 111 cm³/mol. The molecule has 2 aromatic carbocycles. The number of carbonyl (C=O) groups is 1. The molecule has 1 fully saturated rings. The second kappa shape index (κ2) is 8.27. The topological polar surface area (TPSA) is 76.4 Å². The zero-order valence-electron chi connectivity index (χ0n) is 16.0. The molecule has 1 unspecified atom stereocenters. The summed E-state index contributed by atoms with van der Waals surface area (Å²) in [6.45, 7) is 0.404. The van der Waals surface area contributed by atoms with Crippen LogP contribution in [0, 0.1) is 0 Å². The number of hydrogen-bond acceptors (Lipinski definition) is 4. The minimum atomic E-state index is -0.925. The van der Waals surface area contributed by atoms with Crippen molar-refractivity contribution in [2.45, 2.75) is 31.6 Å². The number of piperidine rings is 1. The smallest absolute Gasteiger partial charge is 0.222 e. The number of amides is 1. The maximum absolute atomic E-state index is 11.5. The third-order valence-corrected chi connectivity index (χ3v) is 5.54. The van der Waals surface area contributed by atoms with E-state index in [9.17, 15) is 9.90 Å². The van der Waals surface area contributed by atoms with Gasteiger partial charge in [-0.05, 0) is 35.7 Å². The number of ether oxygens (including phenoxy) is 1. The molecular formula is C22H22ClN3O3. The second-order valence-electron chi connectivity index (χ2n) is 7.16. The Hall–Kier alpha value is -2.83. The van der Waals surface area contributed by atoms with Gasteiger partial charge in [0.15, 0.2) is 0 Å². The lowest BCUT2D eigenvalue weighted by Gasteiger charge is -2.29. The van der Waals surface area contributed by atoms with Crippen LogP contribution in [0.3, 0.4) is 0 Å². The Morgan fingerprint density at radius 1 is 1.24 bits per heavy atom. The molecule has 2 N–H and O–H groups in total. The van der Waals surface area contributed by atoms with Crippen molar-refractivity contribution in [1.82, 2.24) is 15.1 Å². The number of rotatable bonds is 5. The van der Waals surface area contributed by atoms with Crippen LogP contribution in [-0.2, 0) is 18.4 Å². The van der Waals surface area contributed by atoms with Gasteiger partial charge in [-0.25, -0.2) is 0 Å². The van der Waals surface area contributed by atoms with E-state index in [0.29, 0.717) is 24.5 Å². The van der Waals surface area contributed by atoms with E-state index < -0.39 is 6.23 Å². The number of aromatic nitrogens is 2. The maximum Gasteiger partial charge on any atom is 0.222 e. The molecule has 0 aliphatic carbocycles. The van der Waals surface area contributed by atoms with Gasteiger partial charge in [0.25, 0.3) is 0 Å². The van der Waals surface area contributed by atoms with E-state index in [1.54, 1.807) is 4.68 Å². The van der Waals surface area contributed by atoms with Crippen LogP contribution in [0.2, 0.25) is 5.02 Å².